The summed E-state index contributed by atoms with van der Waals surface area (Å²) in [7, 11) is 0. The minimum Gasteiger partial charge on any atom is -0.377 e. The van der Waals surface area contributed by atoms with Crippen molar-refractivity contribution in [2.75, 3.05) is 37.7 Å². The van der Waals surface area contributed by atoms with Gasteiger partial charge < -0.3 is 9.64 Å². The molecule has 3 heterocycles. The molecule has 2 aliphatic rings. The predicted octanol–water partition coefficient (Wildman–Crippen LogP) is 2.78. The second-order valence-corrected chi connectivity index (χ2v) is 6.80. The molecule has 2 fully saturated rings. The maximum Gasteiger partial charge on any atom is 0.225 e. The normalized spacial score (nSPS) is 23.2. The smallest absolute Gasteiger partial charge is 0.225 e. The first-order chi connectivity index (χ1) is 11.2. The van der Waals surface area contributed by atoms with Gasteiger partial charge >= 0.3 is 0 Å². The van der Waals surface area contributed by atoms with E-state index in [-0.39, 0.29) is 0 Å². The Bertz CT molecular complexity index is 500. The number of nitrogens with zero attached hydrogens (tertiary/aromatic N) is 4. The molecular formula is C18H30N4O. The number of hydrogen-bond acceptors (Lipinski definition) is 5. The van der Waals surface area contributed by atoms with Crippen molar-refractivity contribution in [2.45, 2.75) is 58.6 Å². The van der Waals surface area contributed by atoms with Crippen molar-refractivity contribution in [3.05, 3.63) is 17.5 Å². The van der Waals surface area contributed by atoms with E-state index >= 15 is 0 Å². The third-order valence-electron chi connectivity index (χ3n) is 4.78. The Kier molecular flexibility index (Phi) is 5.84. The first-order valence-electron chi connectivity index (χ1n) is 9.18. The van der Waals surface area contributed by atoms with Crippen LogP contribution >= 0.6 is 0 Å². The fraction of sp³-hybridized carbons (Fsp3) is 0.778. The number of rotatable bonds is 5. The number of likely N-dealkylation sites (tertiary alicyclic amines) is 1. The lowest BCUT2D eigenvalue weighted by atomic mass is 10.1. The zero-order chi connectivity index (χ0) is 16.1. The maximum absolute atomic E-state index is 5.81. The lowest BCUT2D eigenvalue weighted by Crippen LogP contribution is -2.39. The zero-order valence-corrected chi connectivity index (χ0v) is 14.6. The van der Waals surface area contributed by atoms with Gasteiger partial charge in [-0.05, 0) is 58.6 Å². The van der Waals surface area contributed by atoms with Gasteiger partial charge in [-0.3, -0.25) is 4.90 Å². The molecule has 0 radical (unpaired) electrons. The molecule has 5 nitrogen and oxygen atoms in total. The van der Waals surface area contributed by atoms with Crippen LogP contribution in [-0.4, -0.2) is 53.8 Å². The van der Waals surface area contributed by atoms with Crippen molar-refractivity contribution in [3.63, 3.8) is 0 Å². The molecule has 23 heavy (non-hydrogen) atoms. The van der Waals surface area contributed by atoms with Gasteiger partial charge in [-0.1, -0.05) is 0 Å². The van der Waals surface area contributed by atoms with Gasteiger partial charge in [0.25, 0.3) is 0 Å². The number of aromatic nitrogens is 2. The number of anilines is 1. The van der Waals surface area contributed by atoms with E-state index in [0.29, 0.717) is 6.10 Å². The van der Waals surface area contributed by atoms with Crippen LogP contribution in [0.2, 0.25) is 0 Å². The number of hydrogen-bond donors (Lipinski definition) is 0. The molecule has 1 aromatic rings. The Hall–Kier alpha value is -1.20. The molecular weight excluding hydrogens is 288 g/mol. The largest absolute Gasteiger partial charge is 0.377 e. The fourth-order valence-corrected chi connectivity index (χ4v) is 3.69. The number of aryl methyl sites for hydroxylation is 1. The molecule has 1 unspecified atom stereocenters. The van der Waals surface area contributed by atoms with Crippen LogP contribution in [0.5, 0.6) is 0 Å². The van der Waals surface area contributed by atoms with Gasteiger partial charge in [-0.25, -0.2) is 9.97 Å². The topological polar surface area (TPSA) is 41.5 Å². The van der Waals surface area contributed by atoms with Crippen molar-refractivity contribution in [3.8, 4) is 0 Å². The highest BCUT2D eigenvalue weighted by Crippen LogP contribution is 2.19. The Morgan fingerprint density at radius 1 is 1.13 bits per heavy atom. The van der Waals surface area contributed by atoms with Crippen molar-refractivity contribution in [2.24, 2.45) is 0 Å². The summed E-state index contributed by atoms with van der Waals surface area (Å²) in [5.41, 5.74) is 2.23. The van der Waals surface area contributed by atoms with Crippen LogP contribution in [0.15, 0.2) is 6.07 Å². The van der Waals surface area contributed by atoms with Gasteiger partial charge in [0.1, 0.15) is 0 Å². The van der Waals surface area contributed by atoms with Crippen molar-refractivity contribution in [1.82, 2.24) is 14.9 Å². The van der Waals surface area contributed by atoms with Gasteiger partial charge in [-0.2, -0.15) is 0 Å². The summed E-state index contributed by atoms with van der Waals surface area (Å²) >= 11 is 0. The fourth-order valence-electron chi connectivity index (χ4n) is 3.69. The molecule has 1 aromatic heterocycles. The Morgan fingerprint density at radius 3 is 2.74 bits per heavy atom. The summed E-state index contributed by atoms with van der Waals surface area (Å²) < 4.78 is 5.81. The number of piperidine rings is 2. The lowest BCUT2D eigenvalue weighted by molar-refractivity contribution is 0.00331. The Balaban J connectivity index is 1.66. The molecule has 0 bridgehead atoms. The lowest BCUT2D eigenvalue weighted by Gasteiger charge is -2.32. The molecule has 2 saturated heterocycles. The van der Waals surface area contributed by atoms with Crippen molar-refractivity contribution >= 4 is 5.95 Å². The van der Waals surface area contributed by atoms with Gasteiger partial charge in [0, 0.05) is 38.5 Å². The summed E-state index contributed by atoms with van der Waals surface area (Å²) in [4.78, 5) is 14.3. The van der Waals surface area contributed by atoms with Crippen molar-refractivity contribution in [1.29, 1.82) is 0 Å². The van der Waals surface area contributed by atoms with Crippen LogP contribution in [0.4, 0.5) is 5.95 Å². The number of ether oxygens (including phenoxy) is 1. The standard InChI is InChI=1S/C18H30N4O/c1-3-23-17-8-7-9-21(14-17)13-16-12-15(2)19-18(20-16)22-10-5-4-6-11-22/h12,17H,3-11,13-14H2,1-2H3. The highest BCUT2D eigenvalue weighted by atomic mass is 16.5. The molecule has 0 spiro atoms. The van der Waals surface area contributed by atoms with Crippen LogP contribution in [0.1, 0.15) is 50.4 Å². The van der Waals surface area contributed by atoms with Gasteiger partial charge in [0.2, 0.25) is 5.95 Å². The highest BCUT2D eigenvalue weighted by Gasteiger charge is 2.21. The van der Waals surface area contributed by atoms with Gasteiger partial charge in [-0.15, -0.1) is 0 Å². The maximum atomic E-state index is 5.81. The Morgan fingerprint density at radius 2 is 1.96 bits per heavy atom. The molecule has 3 rings (SSSR count). The molecule has 0 saturated carbocycles. The molecule has 0 aliphatic carbocycles. The second-order valence-electron chi connectivity index (χ2n) is 6.80. The van der Waals surface area contributed by atoms with E-state index in [4.69, 9.17) is 9.72 Å². The Labute approximate surface area is 140 Å². The third-order valence-corrected chi connectivity index (χ3v) is 4.78. The molecule has 2 aliphatic heterocycles. The SMILES string of the molecule is CCOC1CCCN(Cc2cc(C)nc(N3CCCCC3)n2)C1. The van der Waals surface area contributed by atoms with Crippen LogP contribution < -0.4 is 4.90 Å². The summed E-state index contributed by atoms with van der Waals surface area (Å²) in [6.07, 6.45) is 6.64. The van der Waals surface area contributed by atoms with Crippen LogP contribution in [0.25, 0.3) is 0 Å². The quantitative estimate of drug-likeness (QED) is 0.835. The van der Waals surface area contributed by atoms with Crippen LogP contribution in [0.3, 0.4) is 0 Å². The average Bonchev–Trinajstić information content (AvgIpc) is 2.56. The molecule has 0 amide bonds. The molecule has 128 valence electrons. The van der Waals surface area contributed by atoms with E-state index < -0.39 is 0 Å². The zero-order valence-electron chi connectivity index (χ0n) is 14.6. The van der Waals surface area contributed by atoms with Gasteiger partial charge in [0.05, 0.1) is 11.8 Å². The molecule has 1 atom stereocenters. The summed E-state index contributed by atoms with van der Waals surface area (Å²) in [5.74, 6) is 0.929. The van der Waals surface area contributed by atoms with Gasteiger partial charge in [0.15, 0.2) is 0 Å². The van der Waals surface area contributed by atoms with Crippen LogP contribution in [0, 0.1) is 6.92 Å². The molecule has 5 heteroatoms. The second kappa shape index (κ2) is 8.06. The van der Waals surface area contributed by atoms with E-state index in [9.17, 15) is 0 Å². The highest BCUT2D eigenvalue weighted by molar-refractivity contribution is 5.32. The van der Waals surface area contributed by atoms with E-state index in [1.54, 1.807) is 0 Å². The minimum absolute atomic E-state index is 0.387. The van der Waals surface area contributed by atoms with E-state index in [1.165, 1.54) is 32.1 Å². The summed E-state index contributed by atoms with van der Waals surface area (Å²) in [5, 5.41) is 0. The first kappa shape index (κ1) is 16.7. The van der Waals surface area contributed by atoms with E-state index in [0.717, 1.165) is 56.7 Å². The average molecular weight is 318 g/mol. The first-order valence-corrected chi connectivity index (χ1v) is 9.18. The molecule has 0 aromatic carbocycles. The van der Waals surface area contributed by atoms with Crippen LogP contribution in [-0.2, 0) is 11.3 Å². The van der Waals surface area contributed by atoms with Crippen molar-refractivity contribution < 1.29 is 4.74 Å². The third kappa shape index (κ3) is 4.64. The van der Waals surface area contributed by atoms with E-state index in [1.807, 2.05) is 0 Å². The molecule has 0 N–H and O–H groups in total. The minimum atomic E-state index is 0.387. The van der Waals surface area contributed by atoms with E-state index in [2.05, 4.69) is 34.7 Å². The monoisotopic (exact) mass is 318 g/mol. The predicted molar refractivity (Wildman–Crippen MR) is 92.8 cm³/mol. The summed E-state index contributed by atoms with van der Waals surface area (Å²) in [6, 6.07) is 2.14. The summed E-state index contributed by atoms with van der Waals surface area (Å²) in [6.45, 7) is 10.2.